The number of unbranched alkanes of at least 4 members (excludes halogenated alkanes) is 4. The fourth-order valence-corrected chi connectivity index (χ4v) is 7.93. The van der Waals surface area contributed by atoms with Crippen LogP contribution in [0.1, 0.15) is 79.1 Å². The van der Waals surface area contributed by atoms with Crippen molar-refractivity contribution in [2.45, 2.75) is 79.1 Å². The Balaban J connectivity index is -0.00000128. The molecule has 3 N–H and O–H groups in total. The minimum Gasteiger partial charge on any atom is -1.00 e. The van der Waals surface area contributed by atoms with Gasteiger partial charge in [-0.15, -0.1) is 0 Å². The van der Waals surface area contributed by atoms with Gasteiger partial charge in [-0.1, -0.05) is 53.4 Å². The number of hydrogen-bond acceptors (Lipinski definition) is 1. The van der Waals surface area contributed by atoms with Crippen molar-refractivity contribution >= 4 is 7.26 Å². The monoisotopic (exact) mass is 355 g/mol. The molecule has 0 radical (unpaired) electrons. The molecule has 0 atom stereocenters. The van der Waals surface area contributed by atoms with Crippen LogP contribution in [0.25, 0.3) is 0 Å². The molecule has 0 fully saturated rings. The molecule has 0 rings (SSSR count). The fraction of sp³-hybridized carbons (Fsp3) is 1.00. The first-order valence-electron chi connectivity index (χ1n) is 8.09. The summed E-state index contributed by atoms with van der Waals surface area (Å²) in [6.45, 7) is 9.42. The van der Waals surface area contributed by atoms with E-state index in [-0.39, 0.29) is 23.1 Å². The molecule has 0 aliphatic rings. The molecule has 120 valence electrons. The quantitative estimate of drug-likeness (QED) is 0.535. The van der Waals surface area contributed by atoms with Crippen molar-refractivity contribution in [1.29, 1.82) is 0 Å². The highest BCUT2D eigenvalue weighted by molar-refractivity contribution is 7.75. The Kier molecular flexibility index (Phi) is 22.1. The third-order valence-electron chi connectivity index (χ3n) is 3.94. The molecule has 1 nitrogen and oxygen atoms in total. The Bertz CT molecular complexity index is 127. The predicted molar refractivity (Wildman–Crippen MR) is 91.0 cm³/mol. The Labute approximate surface area is 134 Å². The minimum absolute atomic E-state index is 0. The molecule has 0 bridgehead atoms. The summed E-state index contributed by atoms with van der Waals surface area (Å²) >= 11 is 0. The van der Waals surface area contributed by atoms with E-state index in [1.54, 1.807) is 24.6 Å². The van der Waals surface area contributed by atoms with E-state index in [1.807, 2.05) is 0 Å². The van der Waals surface area contributed by atoms with Gasteiger partial charge in [0.2, 0.25) is 0 Å². The van der Waals surface area contributed by atoms with Gasteiger partial charge in [0.05, 0.1) is 24.6 Å². The van der Waals surface area contributed by atoms with E-state index in [2.05, 4.69) is 27.7 Å². The van der Waals surface area contributed by atoms with Crippen LogP contribution in [0.4, 0.5) is 0 Å². The maximum atomic E-state index is 2.36. The molecule has 0 spiro atoms. The van der Waals surface area contributed by atoms with Crippen LogP contribution in [0.15, 0.2) is 0 Å². The molecule has 19 heavy (non-hydrogen) atoms. The number of rotatable bonds is 12. The normalized spacial score (nSPS) is 10.7. The van der Waals surface area contributed by atoms with Crippen molar-refractivity contribution in [2.75, 3.05) is 24.6 Å². The van der Waals surface area contributed by atoms with Crippen molar-refractivity contribution in [3.05, 3.63) is 0 Å². The van der Waals surface area contributed by atoms with E-state index in [1.165, 1.54) is 51.4 Å². The van der Waals surface area contributed by atoms with Gasteiger partial charge in [0.1, 0.15) is 0 Å². The van der Waals surface area contributed by atoms with Gasteiger partial charge >= 0.3 is 0 Å². The Morgan fingerprint density at radius 3 is 0.895 bits per heavy atom. The third-order valence-corrected chi connectivity index (χ3v) is 9.00. The van der Waals surface area contributed by atoms with E-state index >= 15 is 0 Å². The van der Waals surface area contributed by atoms with E-state index in [0.29, 0.717) is 0 Å². The SMILES string of the molecule is CCCC[P+](CCCC)(CCCC)CCCC.N.[Br-]. The van der Waals surface area contributed by atoms with Gasteiger partial charge in [-0.2, -0.15) is 0 Å². The van der Waals surface area contributed by atoms with E-state index in [0.717, 1.165) is 0 Å². The second-order valence-corrected chi connectivity index (χ2v) is 10.1. The average molecular weight is 356 g/mol. The smallest absolute Gasteiger partial charge is 0.0594 e. The van der Waals surface area contributed by atoms with Gasteiger partial charge in [0, 0.05) is 7.26 Å². The summed E-state index contributed by atoms with van der Waals surface area (Å²) in [5.74, 6) is 0. The first-order valence-corrected chi connectivity index (χ1v) is 10.6. The zero-order chi connectivity index (χ0) is 13.0. The summed E-state index contributed by atoms with van der Waals surface area (Å²) in [7, 11) is -0.562. The van der Waals surface area contributed by atoms with Gasteiger partial charge in [-0.3, -0.25) is 0 Å². The van der Waals surface area contributed by atoms with Gasteiger partial charge in [0.15, 0.2) is 0 Å². The molecule has 3 heteroatoms. The van der Waals surface area contributed by atoms with Crippen LogP contribution in [-0.4, -0.2) is 24.6 Å². The summed E-state index contributed by atoms with van der Waals surface area (Å²) < 4.78 is 0. The molecule has 0 aromatic rings. The maximum absolute atomic E-state index is 2.36. The van der Waals surface area contributed by atoms with Gasteiger partial charge in [-0.05, 0) is 25.7 Å². The second-order valence-electron chi connectivity index (χ2n) is 5.65. The highest BCUT2D eigenvalue weighted by Crippen LogP contribution is 2.61. The standard InChI is InChI=1S/C16H36P.BrH.H3N/c1-5-9-13-17(14-10-6-2,15-11-7-3)16-12-8-4;;/h5-16H2,1-4H3;1H;1H3/q+1;;/p-1. The summed E-state index contributed by atoms with van der Waals surface area (Å²) in [6, 6.07) is 0. The maximum Gasteiger partial charge on any atom is 0.0594 e. The first-order chi connectivity index (χ1) is 8.24. The second kappa shape index (κ2) is 16.9. The van der Waals surface area contributed by atoms with Crippen LogP contribution < -0.4 is 23.1 Å². The van der Waals surface area contributed by atoms with Gasteiger partial charge in [-0.25, -0.2) is 0 Å². The lowest BCUT2D eigenvalue weighted by Crippen LogP contribution is -3.00. The van der Waals surface area contributed by atoms with Crippen molar-refractivity contribution in [3.63, 3.8) is 0 Å². The van der Waals surface area contributed by atoms with Crippen LogP contribution in [0.2, 0.25) is 0 Å². The van der Waals surface area contributed by atoms with E-state index in [4.69, 9.17) is 0 Å². The Morgan fingerprint density at radius 2 is 0.737 bits per heavy atom. The molecule has 0 aliphatic carbocycles. The van der Waals surface area contributed by atoms with E-state index in [9.17, 15) is 0 Å². The highest BCUT2D eigenvalue weighted by atomic mass is 79.9. The molecular formula is C16H39BrNP. The molecule has 0 saturated carbocycles. The lowest BCUT2D eigenvalue weighted by molar-refractivity contribution is -0.00000449. The number of halogens is 1. The average Bonchev–Trinajstić information content (AvgIpc) is 2.37. The molecule has 0 amide bonds. The van der Waals surface area contributed by atoms with Crippen molar-refractivity contribution in [3.8, 4) is 0 Å². The zero-order valence-electron chi connectivity index (χ0n) is 14.0. The molecule has 0 saturated heterocycles. The third kappa shape index (κ3) is 12.3. The van der Waals surface area contributed by atoms with E-state index < -0.39 is 7.26 Å². The summed E-state index contributed by atoms with van der Waals surface area (Å²) in [4.78, 5) is 0. The van der Waals surface area contributed by atoms with Crippen molar-refractivity contribution in [1.82, 2.24) is 6.15 Å². The molecule has 0 aromatic carbocycles. The Hall–Kier alpha value is 0.870. The number of hydrogen-bond donors (Lipinski definition) is 1. The van der Waals surface area contributed by atoms with Crippen LogP contribution in [-0.2, 0) is 0 Å². The molecule has 0 unspecified atom stereocenters. The predicted octanol–water partition coefficient (Wildman–Crippen LogP) is 3.37. The topological polar surface area (TPSA) is 35.0 Å². The van der Waals surface area contributed by atoms with Gasteiger partial charge < -0.3 is 23.1 Å². The fourth-order valence-electron chi connectivity index (χ4n) is 2.64. The van der Waals surface area contributed by atoms with Crippen LogP contribution in [0.5, 0.6) is 0 Å². The molecular weight excluding hydrogens is 317 g/mol. The van der Waals surface area contributed by atoms with Crippen molar-refractivity contribution in [2.24, 2.45) is 0 Å². The first kappa shape index (κ1) is 24.9. The van der Waals surface area contributed by atoms with Crippen LogP contribution in [0.3, 0.4) is 0 Å². The lowest BCUT2D eigenvalue weighted by atomic mass is 10.4. The molecule has 0 aromatic heterocycles. The molecule has 0 heterocycles. The summed E-state index contributed by atoms with van der Waals surface area (Å²) in [6.07, 6.45) is 17.9. The summed E-state index contributed by atoms with van der Waals surface area (Å²) in [5.41, 5.74) is 0. The Morgan fingerprint density at radius 1 is 0.526 bits per heavy atom. The van der Waals surface area contributed by atoms with Crippen LogP contribution >= 0.6 is 7.26 Å². The highest BCUT2D eigenvalue weighted by Gasteiger charge is 2.34. The molecule has 0 aliphatic heterocycles. The van der Waals surface area contributed by atoms with Crippen LogP contribution in [0, 0.1) is 0 Å². The zero-order valence-corrected chi connectivity index (χ0v) is 16.5. The van der Waals surface area contributed by atoms with Crippen molar-refractivity contribution < 1.29 is 17.0 Å². The summed E-state index contributed by atoms with van der Waals surface area (Å²) in [5, 5.41) is 0. The largest absolute Gasteiger partial charge is 1.00 e. The minimum atomic E-state index is -0.562. The van der Waals surface area contributed by atoms with Gasteiger partial charge in [0.25, 0.3) is 0 Å². The lowest BCUT2D eigenvalue weighted by Gasteiger charge is -2.28.